The van der Waals surface area contributed by atoms with Crippen LogP contribution in [-0.4, -0.2) is 245 Å². The maximum atomic E-state index is 15.0. The fourth-order valence-corrected chi connectivity index (χ4v) is 9.01. The van der Waals surface area contributed by atoms with E-state index in [1.807, 2.05) is 0 Å². The Morgan fingerprint density at radius 3 is 1.96 bits per heavy atom. The number of fused-ring (bicyclic) bond motifs is 2. The van der Waals surface area contributed by atoms with Gasteiger partial charge in [0.05, 0.1) is 63.0 Å². The van der Waals surface area contributed by atoms with Crippen LogP contribution in [0.4, 0.5) is 9.59 Å². The molecule has 8 amide bonds. The minimum Gasteiger partial charge on any atom is -0.504 e. The second kappa shape index (κ2) is 27.0. The lowest BCUT2D eigenvalue weighted by atomic mass is 9.98. The minimum absolute atomic E-state index is 0.0510. The van der Waals surface area contributed by atoms with E-state index in [-0.39, 0.29) is 17.1 Å². The molecule has 0 aromatic heterocycles. The van der Waals surface area contributed by atoms with Crippen LogP contribution in [0.2, 0.25) is 0 Å². The number of rotatable bonds is 13. The lowest BCUT2D eigenvalue weighted by Crippen LogP contribution is -2.64. The smallest absolute Gasteiger partial charge is 0.410 e. The largest absolute Gasteiger partial charge is 0.504 e. The van der Waals surface area contributed by atoms with Gasteiger partial charge in [0.25, 0.3) is 0 Å². The van der Waals surface area contributed by atoms with E-state index in [1.54, 1.807) is 20.8 Å². The van der Waals surface area contributed by atoms with E-state index in [9.17, 15) is 79.5 Å². The first-order valence-electron chi connectivity index (χ1n) is 25.3. The molecule has 13 atom stereocenters. The summed E-state index contributed by atoms with van der Waals surface area (Å²) in [5.41, 5.74) is -1.97. The van der Waals surface area contributed by atoms with Gasteiger partial charge in [-0.05, 0) is 72.6 Å². The van der Waals surface area contributed by atoms with Gasteiger partial charge < -0.3 is 101 Å². The van der Waals surface area contributed by atoms with Gasteiger partial charge in [-0.15, -0.1) is 0 Å². The lowest BCUT2D eigenvalue weighted by Gasteiger charge is -2.35. The monoisotopic (exact) mass is 1100 g/mol. The zero-order chi connectivity index (χ0) is 58.0. The van der Waals surface area contributed by atoms with Crippen molar-refractivity contribution in [3.8, 4) is 11.5 Å². The summed E-state index contributed by atoms with van der Waals surface area (Å²) in [6, 6.07) is -8.92. The number of aromatic hydroxyl groups is 1. The quantitative estimate of drug-likeness (QED) is 0.0884. The number of methoxy groups -OCH3 is 1. The number of nitrogens with one attached hydrogen (secondary N) is 5. The van der Waals surface area contributed by atoms with Crippen molar-refractivity contribution in [2.75, 3.05) is 46.5 Å². The van der Waals surface area contributed by atoms with E-state index in [0.29, 0.717) is 0 Å². The standard InChI is InChI=1S/C49H78N8O20/c1-23-19-57-38(39(23)66)43(70)50-18-27(61)16-29(51-46(73)76-48(3,4)5)40(67)52-35(24(2)60)44(71)56-20-28(62)17-30(56)41(68)53-36(33(65)14-25-10-11-31(63)34(15-25)75-9)42(69)54-37(45(57)72)32(64)12-13-55(26(21-58)22-59)47(74)77-49(6,7)8/h10-11,15,23-24,26-30,32-33,35-39,58-66H,12-14,16-22H2,1-9H3,(H,50,70)(H,51,73)(H,52,67)(H,53,68)(H,54,69)/t23-,24+,27+,28+,29+,30-,32+,33+,35-,36-,37-,38-,39-/m0/s1. The number of phenolic OH excluding ortho intramolecular Hbond substituents is 1. The number of alkyl carbamates (subject to hydrolysis) is 1. The molecular weight excluding hydrogens is 1020 g/mol. The van der Waals surface area contributed by atoms with Gasteiger partial charge in [-0.25, -0.2) is 9.59 Å². The summed E-state index contributed by atoms with van der Waals surface area (Å²) in [4.78, 5) is 116. The molecule has 0 bridgehead atoms. The maximum absolute atomic E-state index is 15.0. The number of β-amino-alcohol motifs (C(OH)–C–C–N with tert-alkyl or cyclic N) is 1. The number of aliphatic hydroxyl groups excluding tert-OH is 8. The van der Waals surface area contributed by atoms with Gasteiger partial charge in [-0.2, -0.15) is 0 Å². The zero-order valence-electron chi connectivity index (χ0n) is 44.7. The molecule has 28 heteroatoms. The summed E-state index contributed by atoms with van der Waals surface area (Å²) >= 11 is 0. The van der Waals surface area contributed by atoms with Crippen molar-refractivity contribution in [3.63, 3.8) is 0 Å². The molecule has 3 saturated heterocycles. The third-order valence-corrected chi connectivity index (χ3v) is 13.0. The van der Waals surface area contributed by atoms with Gasteiger partial charge in [0, 0.05) is 51.4 Å². The lowest BCUT2D eigenvalue weighted by molar-refractivity contribution is -0.147. The van der Waals surface area contributed by atoms with E-state index in [1.165, 1.54) is 53.0 Å². The molecule has 1 aromatic carbocycles. The van der Waals surface area contributed by atoms with Crippen LogP contribution >= 0.6 is 0 Å². The Balaban J connectivity index is 1.90. The van der Waals surface area contributed by atoms with E-state index in [0.717, 1.165) is 21.6 Å². The first-order valence-corrected chi connectivity index (χ1v) is 25.3. The summed E-state index contributed by atoms with van der Waals surface area (Å²) in [7, 11) is 1.25. The first-order chi connectivity index (χ1) is 35.8. The number of amides is 8. The number of aliphatic hydroxyl groups is 8. The van der Waals surface area contributed by atoms with Crippen LogP contribution in [0.1, 0.15) is 80.2 Å². The molecule has 3 aliphatic heterocycles. The summed E-state index contributed by atoms with van der Waals surface area (Å²) in [6.07, 6.45) is -15.1. The molecule has 3 aliphatic rings. The second-order valence-electron chi connectivity index (χ2n) is 21.7. The van der Waals surface area contributed by atoms with Crippen molar-refractivity contribution in [3.05, 3.63) is 23.8 Å². The van der Waals surface area contributed by atoms with Crippen LogP contribution in [0.25, 0.3) is 0 Å². The van der Waals surface area contributed by atoms with Crippen LogP contribution in [0, 0.1) is 5.92 Å². The van der Waals surface area contributed by atoms with Crippen LogP contribution in [0.5, 0.6) is 11.5 Å². The van der Waals surface area contributed by atoms with Crippen LogP contribution in [0.3, 0.4) is 0 Å². The molecule has 0 unspecified atom stereocenters. The topological polar surface area (TPSA) is 416 Å². The molecule has 0 saturated carbocycles. The highest BCUT2D eigenvalue weighted by molar-refractivity contribution is 5.98. The Morgan fingerprint density at radius 1 is 0.779 bits per heavy atom. The molecule has 4 rings (SSSR count). The highest BCUT2D eigenvalue weighted by atomic mass is 16.6. The Labute approximate surface area is 445 Å². The molecule has 28 nitrogen and oxygen atoms in total. The second-order valence-corrected chi connectivity index (χ2v) is 21.7. The van der Waals surface area contributed by atoms with Crippen molar-refractivity contribution in [2.24, 2.45) is 5.92 Å². The molecule has 0 aliphatic carbocycles. The first kappa shape index (κ1) is 63.4. The van der Waals surface area contributed by atoms with E-state index < -0.39 is 209 Å². The van der Waals surface area contributed by atoms with Crippen molar-refractivity contribution < 1.29 is 98.5 Å². The molecule has 3 fully saturated rings. The molecule has 3 heterocycles. The molecule has 434 valence electrons. The Morgan fingerprint density at radius 2 is 1.38 bits per heavy atom. The number of benzene rings is 1. The maximum Gasteiger partial charge on any atom is 0.410 e. The number of ether oxygens (including phenoxy) is 3. The number of hydrogen-bond acceptors (Lipinski definition) is 20. The normalized spacial score (nSPS) is 27.7. The summed E-state index contributed by atoms with van der Waals surface area (Å²) < 4.78 is 16.0. The average molecular weight is 1100 g/mol. The minimum atomic E-state index is -2.17. The van der Waals surface area contributed by atoms with E-state index >= 15 is 4.79 Å². The fraction of sp³-hybridized carbons (Fsp3) is 0.714. The van der Waals surface area contributed by atoms with Crippen molar-refractivity contribution in [1.82, 2.24) is 41.3 Å². The van der Waals surface area contributed by atoms with E-state index in [2.05, 4.69) is 26.6 Å². The molecular formula is C49H78N8O20. The van der Waals surface area contributed by atoms with Gasteiger partial charge >= 0.3 is 12.2 Å². The Bertz CT molecular complexity index is 2260. The van der Waals surface area contributed by atoms with E-state index in [4.69, 9.17) is 14.2 Å². The summed E-state index contributed by atoms with van der Waals surface area (Å²) in [5.74, 6) is -8.42. The van der Waals surface area contributed by atoms with Gasteiger partial charge in [-0.1, -0.05) is 13.0 Å². The molecule has 0 spiro atoms. The highest BCUT2D eigenvalue weighted by Gasteiger charge is 2.50. The van der Waals surface area contributed by atoms with Crippen molar-refractivity contribution >= 4 is 47.6 Å². The molecule has 0 radical (unpaired) electrons. The third-order valence-electron chi connectivity index (χ3n) is 13.0. The Hall–Kier alpha value is -6.14. The predicted molar refractivity (Wildman–Crippen MR) is 267 cm³/mol. The number of phenols is 1. The van der Waals surface area contributed by atoms with Gasteiger partial charge in [0.2, 0.25) is 35.4 Å². The van der Waals surface area contributed by atoms with Crippen molar-refractivity contribution in [1.29, 1.82) is 0 Å². The van der Waals surface area contributed by atoms with Gasteiger partial charge in [-0.3, -0.25) is 28.8 Å². The number of nitrogens with zero attached hydrogens (tertiary/aromatic N) is 3. The Kier molecular flexibility index (Phi) is 22.2. The van der Waals surface area contributed by atoms with Gasteiger partial charge in [0.1, 0.15) is 47.5 Å². The third kappa shape index (κ3) is 17.2. The summed E-state index contributed by atoms with van der Waals surface area (Å²) in [5, 5.41) is 111. The summed E-state index contributed by atoms with van der Waals surface area (Å²) in [6.45, 7) is 7.98. The van der Waals surface area contributed by atoms with Crippen LogP contribution in [-0.2, 0) is 44.7 Å². The van der Waals surface area contributed by atoms with Gasteiger partial charge in [0.15, 0.2) is 11.5 Å². The van der Waals surface area contributed by atoms with Crippen LogP contribution in [0.15, 0.2) is 18.2 Å². The molecule has 14 N–H and O–H groups in total. The number of carbonyl (C=O) groups excluding carboxylic acids is 8. The average Bonchev–Trinajstić information content (AvgIpc) is 3.87. The SMILES string of the molecule is COc1cc(C[C@@H](O)[C@@H]2NC(=O)[C@@H]3C[C@@H](O)CN3C(=O)[C@H]([C@@H](C)O)NC(=O)[C@H](NC(=O)OC(C)(C)C)C[C@@H](O)CNC(=O)[C@@H]3[C@@H](O)[C@@H](C)CN3C(=O)[C@H]([C@H](O)CCN(C(=O)OC(C)(C)C)C(CO)CO)NC2=O)ccc1O. The van der Waals surface area contributed by atoms with Crippen molar-refractivity contribution in [2.45, 2.75) is 171 Å². The highest BCUT2D eigenvalue weighted by Crippen LogP contribution is 2.29. The molecule has 77 heavy (non-hydrogen) atoms. The number of carbonyl (C=O) groups is 8. The number of hydrogen-bond donors (Lipinski definition) is 14. The molecule has 1 aromatic rings. The predicted octanol–water partition coefficient (Wildman–Crippen LogP) is -4.58. The van der Waals surface area contributed by atoms with Crippen LogP contribution < -0.4 is 31.3 Å². The fourth-order valence-electron chi connectivity index (χ4n) is 9.01. The zero-order valence-corrected chi connectivity index (χ0v) is 44.7.